The topological polar surface area (TPSA) is 50.4 Å². The Morgan fingerprint density at radius 2 is 1.57 bits per heavy atom. The van der Waals surface area contributed by atoms with E-state index in [2.05, 4.69) is 22.8 Å². The lowest BCUT2D eigenvalue weighted by Gasteiger charge is -2.29. The summed E-state index contributed by atoms with van der Waals surface area (Å²) in [5, 5.41) is 6.29. The molecule has 0 saturated heterocycles. The predicted molar refractivity (Wildman–Crippen MR) is 81.5 cm³/mol. The van der Waals surface area contributed by atoms with Gasteiger partial charge in [0, 0.05) is 31.1 Å². The molecule has 0 unspecified atom stereocenters. The molecule has 4 nitrogen and oxygen atoms in total. The lowest BCUT2D eigenvalue weighted by Crippen LogP contribution is -2.33. The monoisotopic (exact) mass is 282 g/mol. The highest BCUT2D eigenvalue weighted by Crippen LogP contribution is 2.42. The van der Waals surface area contributed by atoms with Crippen LogP contribution in [0.3, 0.4) is 0 Å². The number of benzene rings is 2. The number of hydrogen-bond acceptors (Lipinski definition) is 3. The second-order valence-corrected chi connectivity index (χ2v) is 5.05. The average Bonchev–Trinajstić information content (AvgIpc) is 2.50. The minimum Gasteiger partial charge on any atom is -0.457 e. The van der Waals surface area contributed by atoms with Gasteiger partial charge in [0.15, 0.2) is 0 Å². The number of hydrogen-bond donors (Lipinski definition) is 2. The summed E-state index contributed by atoms with van der Waals surface area (Å²) in [6.45, 7) is 2.84. The molecular weight excluding hydrogens is 264 g/mol. The quantitative estimate of drug-likeness (QED) is 0.848. The molecule has 2 aromatic rings. The third kappa shape index (κ3) is 2.90. The van der Waals surface area contributed by atoms with Crippen molar-refractivity contribution in [3.63, 3.8) is 0 Å². The van der Waals surface area contributed by atoms with Crippen LogP contribution in [0.5, 0.6) is 11.5 Å². The Kier molecular flexibility index (Phi) is 3.88. The number of carbonyl (C=O) groups excluding carboxylic acids is 1. The fourth-order valence-corrected chi connectivity index (χ4v) is 2.58. The van der Waals surface area contributed by atoms with Crippen molar-refractivity contribution in [3.05, 3.63) is 59.7 Å². The van der Waals surface area contributed by atoms with Gasteiger partial charge in [-0.2, -0.15) is 0 Å². The molecule has 3 rings (SSSR count). The van der Waals surface area contributed by atoms with Crippen molar-refractivity contribution in [2.75, 3.05) is 13.1 Å². The van der Waals surface area contributed by atoms with Crippen LogP contribution >= 0.6 is 0 Å². The largest absolute Gasteiger partial charge is 0.457 e. The molecule has 1 amide bonds. The van der Waals surface area contributed by atoms with E-state index in [1.807, 2.05) is 36.4 Å². The van der Waals surface area contributed by atoms with Gasteiger partial charge in [-0.3, -0.25) is 4.79 Å². The standard InChI is InChI=1S/C17H18N2O2/c1-12(20)18-10-11-19-17-13-6-2-4-8-15(13)21-16-9-5-3-7-14(16)17/h2-9,17,19H,10-11H2,1H3,(H,18,20). The first-order chi connectivity index (χ1) is 10.3. The zero-order valence-corrected chi connectivity index (χ0v) is 11.9. The Balaban J connectivity index is 1.83. The van der Waals surface area contributed by atoms with Crippen molar-refractivity contribution in [3.8, 4) is 11.5 Å². The number of rotatable bonds is 4. The second-order valence-electron chi connectivity index (χ2n) is 5.05. The van der Waals surface area contributed by atoms with Crippen molar-refractivity contribution in [2.24, 2.45) is 0 Å². The zero-order chi connectivity index (χ0) is 14.7. The molecular formula is C17H18N2O2. The molecule has 0 radical (unpaired) electrons. The lowest BCUT2D eigenvalue weighted by atomic mass is 9.94. The van der Waals surface area contributed by atoms with E-state index in [0.29, 0.717) is 13.1 Å². The first-order valence-corrected chi connectivity index (χ1v) is 7.09. The maximum absolute atomic E-state index is 10.9. The van der Waals surface area contributed by atoms with Gasteiger partial charge in [0.05, 0.1) is 6.04 Å². The van der Waals surface area contributed by atoms with Gasteiger partial charge in [-0.1, -0.05) is 36.4 Å². The van der Waals surface area contributed by atoms with Crippen molar-refractivity contribution in [1.82, 2.24) is 10.6 Å². The third-order valence-corrected chi connectivity index (χ3v) is 3.53. The Morgan fingerprint density at radius 3 is 2.14 bits per heavy atom. The van der Waals surface area contributed by atoms with Gasteiger partial charge in [-0.05, 0) is 12.1 Å². The van der Waals surface area contributed by atoms with Gasteiger partial charge in [0.2, 0.25) is 5.91 Å². The second kappa shape index (κ2) is 5.97. The van der Waals surface area contributed by atoms with Gasteiger partial charge >= 0.3 is 0 Å². The normalized spacial score (nSPS) is 13.0. The number of amides is 1. The molecule has 0 saturated carbocycles. The third-order valence-electron chi connectivity index (χ3n) is 3.53. The minimum absolute atomic E-state index is 0.00965. The molecule has 1 aliphatic rings. The molecule has 108 valence electrons. The number of carbonyl (C=O) groups is 1. The number of ether oxygens (including phenoxy) is 1. The van der Waals surface area contributed by atoms with E-state index >= 15 is 0 Å². The van der Waals surface area contributed by atoms with Crippen LogP contribution in [0.4, 0.5) is 0 Å². The maximum atomic E-state index is 10.9. The van der Waals surface area contributed by atoms with Crippen LogP contribution in [0.2, 0.25) is 0 Å². The minimum atomic E-state index is -0.00965. The van der Waals surface area contributed by atoms with Gasteiger partial charge in [-0.15, -0.1) is 0 Å². The van der Waals surface area contributed by atoms with E-state index in [1.165, 1.54) is 6.92 Å². The van der Waals surface area contributed by atoms with Gasteiger partial charge < -0.3 is 15.4 Å². The first-order valence-electron chi connectivity index (χ1n) is 7.09. The van der Waals surface area contributed by atoms with E-state index in [4.69, 9.17) is 4.74 Å². The molecule has 0 spiro atoms. The molecule has 0 aliphatic carbocycles. The van der Waals surface area contributed by atoms with E-state index in [9.17, 15) is 4.79 Å². The number of para-hydroxylation sites is 2. The smallest absolute Gasteiger partial charge is 0.216 e. The SMILES string of the molecule is CC(=O)NCCNC1c2ccccc2Oc2ccccc21. The Labute approximate surface area is 124 Å². The molecule has 0 bridgehead atoms. The Bertz CT molecular complexity index is 609. The highest BCUT2D eigenvalue weighted by Gasteiger charge is 2.25. The maximum Gasteiger partial charge on any atom is 0.216 e. The highest BCUT2D eigenvalue weighted by atomic mass is 16.5. The summed E-state index contributed by atoms with van der Waals surface area (Å²) < 4.78 is 5.94. The van der Waals surface area contributed by atoms with Crippen LogP contribution in [0.1, 0.15) is 24.1 Å². The van der Waals surface area contributed by atoms with Crippen molar-refractivity contribution < 1.29 is 9.53 Å². The summed E-state index contributed by atoms with van der Waals surface area (Å²) in [7, 11) is 0. The van der Waals surface area contributed by atoms with Gasteiger partial charge in [0.1, 0.15) is 11.5 Å². The van der Waals surface area contributed by atoms with E-state index < -0.39 is 0 Å². The van der Waals surface area contributed by atoms with E-state index in [1.54, 1.807) is 0 Å². The van der Waals surface area contributed by atoms with Crippen molar-refractivity contribution in [1.29, 1.82) is 0 Å². The van der Waals surface area contributed by atoms with Gasteiger partial charge in [-0.25, -0.2) is 0 Å². The average molecular weight is 282 g/mol. The number of nitrogens with one attached hydrogen (secondary N) is 2. The van der Waals surface area contributed by atoms with Crippen LogP contribution in [0, 0.1) is 0 Å². The van der Waals surface area contributed by atoms with E-state index in [0.717, 1.165) is 22.6 Å². The van der Waals surface area contributed by atoms with Gasteiger partial charge in [0.25, 0.3) is 0 Å². The highest BCUT2D eigenvalue weighted by molar-refractivity contribution is 5.72. The summed E-state index contributed by atoms with van der Waals surface area (Å²) in [5.41, 5.74) is 2.25. The molecule has 1 heterocycles. The Morgan fingerprint density at radius 1 is 1.00 bits per heavy atom. The predicted octanol–water partition coefficient (Wildman–Crippen LogP) is 2.61. The lowest BCUT2D eigenvalue weighted by molar-refractivity contribution is -0.118. The van der Waals surface area contributed by atoms with Crippen molar-refractivity contribution >= 4 is 5.91 Å². The van der Waals surface area contributed by atoms with Crippen LogP contribution in [-0.4, -0.2) is 19.0 Å². The van der Waals surface area contributed by atoms with Crippen LogP contribution in [0.15, 0.2) is 48.5 Å². The first kappa shape index (κ1) is 13.6. The summed E-state index contributed by atoms with van der Waals surface area (Å²) in [5.74, 6) is 1.76. The summed E-state index contributed by atoms with van der Waals surface area (Å²) in [6.07, 6.45) is 0. The molecule has 4 heteroatoms. The molecule has 0 fully saturated rings. The zero-order valence-electron chi connectivity index (χ0n) is 11.9. The Hall–Kier alpha value is -2.33. The molecule has 2 N–H and O–H groups in total. The van der Waals surface area contributed by atoms with Crippen LogP contribution in [-0.2, 0) is 4.79 Å². The fraction of sp³-hybridized carbons (Fsp3) is 0.235. The summed E-state index contributed by atoms with van der Waals surface area (Å²) in [6, 6.07) is 16.2. The summed E-state index contributed by atoms with van der Waals surface area (Å²) >= 11 is 0. The molecule has 0 atom stereocenters. The molecule has 0 aromatic heterocycles. The molecule has 1 aliphatic heterocycles. The fourth-order valence-electron chi connectivity index (χ4n) is 2.58. The van der Waals surface area contributed by atoms with Crippen molar-refractivity contribution in [2.45, 2.75) is 13.0 Å². The number of fused-ring (bicyclic) bond motifs is 2. The van der Waals surface area contributed by atoms with E-state index in [-0.39, 0.29) is 11.9 Å². The molecule has 2 aromatic carbocycles. The molecule has 21 heavy (non-hydrogen) atoms. The van der Waals surface area contributed by atoms with Crippen LogP contribution in [0.25, 0.3) is 0 Å². The summed E-state index contributed by atoms with van der Waals surface area (Å²) in [4.78, 5) is 10.9. The van der Waals surface area contributed by atoms with Crippen LogP contribution < -0.4 is 15.4 Å².